The SMILES string of the molecule is C=C(C)C=O.C=C(C)C=O.C=C(CC)C(=O)Oc1cc(-c2ccc(OC)cc2)ccc1-c1ccc(OC)cc1. The van der Waals surface area contributed by atoms with Crippen LogP contribution >= 0.6 is 0 Å². The number of rotatable bonds is 9. The van der Waals surface area contributed by atoms with Crippen molar-refractivity contribution in [2.45, 2.75) is 27.2 Å². The van der Waals surface area contributed by atoms with Crippen LogP contribution in [0.2, 0.25) is 0 Å². The first-order valence-corrected chi connectivity index (χ1v) is 12.1. The molecule has 0 aromatic heterocycles. The average molecular weight is 529 g/mol. The largest absolute Gasteiger partial charge is 0.497 e. The lowest BCUT2D eigenvalue weighted by atomic mass is 9.99. The molecule has 0 bridgehead atoms. The third-order valence-corrected chi connectivity index (χ3v) is 5.13. The van der Waals surface area contributed by atoms with Gasteiger partial charge < -0.3 is 14.2 Å². The summed E-state index contributed by atoms with van der Waals surface area (Å²) in [5.41, 5.74) is 5.27. The standard InChI is InChI=1S/C25H24O4.2C4H6O/c1-5-17(2)25(26)29-24-16-20(18-6-11-21(27-3)12-7-18)10-15-23(24)19-8-13-22(28-4)14-9-19;2*1-4(2)3-5/h6-16H,2,5H2,1,3-4H3;2*3H,1H2,2H3. The van der Waals surface area contributed by atoms with E-state index in [2.05, 4.69) is 19.7 Å². The van der Waals surface area contributed by atoms with Gasteiger partial charge in [-0.2, -0.15) is 0 Å². The minimum absolute atomic E-state index is 0.422. The topological polar surface area (TPSA) is 78.9 Å². The summed E-state index contributed by atoms with van der Waals surface area (Å²) in [7, 11) is 3.26. The Balaban J connectivity index is 0.000000650. The van der Waals surface area contributed by atoms with Crippen LogP contribution in [0.25, 0.3) is 22.3 Å². The van der Waals surface area contributed by atoms with E-state index in [1.807, 2.05) is 73.7 Å². The van der Waals surface area contributed by atoms with Gasteiger partial charge in [0.15, 0.2) is 0 Å². The maximum atomic E-state index is 12.4. The molecule has 0 aliphatic carbocycles. The lowest BCUT2D eigenvalue weighted by Crippen LogP contribution is -2.10. The summed E-state index contributed by atoms with van der Waals surface area (Å²) in [5.74, 6) is 1.62. The van der Waals surface area contributed by atoms with Crippen molar-refractivity contribution in [2.75, 3.05) is 14.2 Å². The van der Waals surface area contributed by atoms with E-state index in [4.69, 9.17) is 14.2 Å². The van der Waals surface area contributed by atoms with Gasteiger partial charge >= 0.3 is 5.97 Å². The van der Waals surface area contributed by atoms with Gasteiger partial charge in [-0.05, 0) is 78.4 Å². The van der Waals surface area contributed by atoms with E-state index in [1.165, 1.54) is 0 Å². The van der Waals surface area contributed by atoms with E-state index in [0.717, 1.165) is 46.3 Å². The first kappa shape index (κ1) is 32.3. The summed E-state index contributed by atoms with van der Waals surface area (Å²) in [4.78, 5) is 31.2. The summed E-state index contributed by atoms with van der Waals surface area (Å²) in [6.07, 6.45) is 1.98. The Kier molecular flexibility index (Phi) is 14.0. The Labute approximate surface area is 231 Å². The Bertz CT molecular complexity index is 1270. The second-order valence-electron chi connectivity index (χ2n) is 8.44. The van der Waals surface area contributed by atoms with Crippen LogP contribution in [0.5, 0.6) is 17.2 Å². The number of benzene rings is 3. The molecule has 3 aromatic rings. The predicted molar refractivity (Wildman–Crippen MR) is 157 cm³/mol. The quantitative estimate of drug-likeness (QED) is 0.124. The molecule has 0 saturated heterocycles. The maximum Gasteiger partial charge on any atom is 0.338 e. The zero-order valence-electron chi connectivity index (χ0n) is 23.3. The number of carbonyl (C=O) groups is 3. The summed E-state index contributed by atoms with van der Waals surface area (Å²) < 4.78 is 16.2. The van der Waals surface area contributed by atoms with E-state index in [0.29, 0.717) is 28.9 Å². The fraction of sp³-hybridized carbons (Fsp3) is 0.182. The molecule has 6 nitrogen and oxygen atoms in total. The summed E-state index contributed by atoms with van der Waals surface area (Å²) in [5, 5.41) is 0. The molecule has 0 unspecified atom stereocenters. The highest BCUT2D eigenvalue weighted by Gasteiger charge is 2.15. The van der Waals surface area contributed by atoms with Crippen molar-refractivity contribution in [3.63, 3.8) is 0 Å². The number of allylic oxidation sites excluding steroid dienone is 2. The predicted octanol–water partition coefficient (Wildman–Crippen LogP) is 7.43. The third kappa shape index (κ3) is 11.1. The second-order valence-corrected chi connectivity index (χ2v) is 8.44. The molecule has 6 heteroatoms. The Hall–Kier alpha value is -4.71. The summed E-state index contributed by atoms with van der Waals surface area (Å²) in [6.45, 7) is 15.6. The van der Waals surface area contributed by atoms with Gasteiger partial charge in [0.25, 0.3) is 0 Å². The Morgan fingerprint density at radius 3 is 1.51 bits per heavy atom. The minimum Gasteiger partial charge on any atom is -0.497 e. The van der Waals surface area contributed by atoms with Crippen LogP contribution in [0.1, 0.15) is 27.2 Å². The third-order valence-electron chi connectivity index (χ3n) is 5.13. The van der Waals surface area contributed by atoms with Gasteiger partial charge in [-0.25, -0.2) is 4.79 Å². The molecule has 204 valence electrons. The number of esters is 1. The summed E-state index contributed by atoms with van der Waals surface area (Å²) in [6, 6.07) is 21.2. The zero-order valence-corrected chi connectivity index (χ0v) is 23.3. The highest BCUT2D eigenvalue weighted by atomic mass is 16.5. The van der Waals surface area contributed by atoms with Gasteiger partial charge in [0, 0.05) is 11.1 Å². The molecule has 0 spiro atoms. The van der Waals surface area contributed by atoms with Gasteiger partial charge in [-0.15, -0.1) is 0 Å². The van der Waals surface area contributed by atoms with Crippen LogP contribution in [0.3, 0.4) is 0 Å². The molecule has 0 radical (unpaired) electrons. The van der Waals surface area contributed by atoms with E-state index < -0.39 is 5.97 Å². The lowest BCUT2D eigenvalue weighted by Gasteiger charge is -2.14. The normalized spacial score (nSPS) is 9.36. The number of carbonyl (C=O) groups excluding carboxylic acids is 3. The van der Waals surface area contributed by atoms with E-state index in [-0.39, 0.29) is 0 Å². The van der Waals surface area contributed by atoms with Gasteiger partial charge in [0.05, 0.1) is 14.2 Å². The second kappa shape index (κ2) is 16.9. The van der Waals surface area contributed by atoms with Gasteiger partial charge in [-0.3, -0.25) is 9.59 Å². The zero-order chi connectivity index (χ0) is 29.4. The van der Waals surface area contributed by atoms with Crippen LogP contribution in [0.15, 0.2) is 103 Å². The molecule has 0 N–H and O–H groups in total. The molecule has 0 saturated carbocycles. The van der Waals surface area contributed by atoms with E-state index >= 15 is 0 Å². The number of ether oxygens (including phenoxy) is 3. The maximum absolute atomic E-state index is 12.4. The average Bonchev–Trinajstić information content (AvgIpc) is 2.97. The molecule has 3 aromatic carbocycles. The number of hydrogen-bond donors (Lipinski definition) is 0. The molecular weight excluding hydrogens is 492 g/mol. The van der Waals surface area contributed by atoms with Crippen LogP contribution in [-0.2, 0) is 14.4 Å². The molecular formula is C33H36O6. The first-order chi connectivity index (χ1) is 18.6. The minimum atomic E-state index is -0.422. The van der Waals surface area contributed by atoms with Crippen molar-refractivity contribution in [2.24, 2.45) is 0 Å². The number of methoxy groups -OCH3 is 2. The molecule has 0 atom stereocenters. The number of aldehydes is 2. The van der Waals surface area contributed by atoms with Crippen molar-refractivity contribution >= 4 is 18.5 Å². The van der Waals surface area contributed by atoms with Crippen LogP contribution < -0.4 is 14.2 Å². The molecule has 3 rings (SSSR count). The highest BCUT2D eigenvalue weighted by molar-refractivity contribution is 5.91. The van der Waals surface area contributed by atoms with Crippen LogP contribution in [0, 0.1) is 0 Å². The smallest absolute Gasteiger partial charge is 0.338 e. The lowest BCUT2D eigenvalue weighted by molar-refractivity contribution is -0.130. The van der Waals surface area contributed by atoms with Gasteiger partial charge in [0.2, 0.25) is 0 Å². The molecule has 0 amide bonds. The Morgan fingerprint density at radius 1 is 0.718 bits per heavy atom. The van der Waals surface area contributed by atoms with Crippen molar-refractivity contribution in [1.82, 2.24) is 0 Å². The van der Waals surface area contributed by atoms with Gasteiger partial charge in [0.1, 0.15) is 29.8 Å². The van der Waals surface area contributed by atoms with E-state index in [9.17, 15) is 14.4 Å². The molecule has 0 fully saturated rings. The van der Waals surface area contributed by atoms with Crippen molar-refractivity contribution in [1.29, 1.82) is 0 Å². The highest BCUT2D eigenvalue weighted by Crippen LogP contribution is 2.36. The monoisotopic (exact) mass is 528 g/mol. The van der Waals surface area contributed by atoms with Crippen LogP contribution in [0.4, 0.5) is 0 Å². The first-order valence-electron chi connectivity index (χ1n) is 12.1. The number of hydrogen-bond acceptors (Lipinski definition) is 6. The Morgan fingerprint density at radius 2 is 1.13 bits per heavy atom. The van der Waals surface area contributed by atoms with Crippen molar-refractivity contribution < 1.29 is 28.6 Å². The molecule has 39 heavy (non-hydrogen) atoms. The molecule has 0 aliphatic heterocycles. The fourth-order valence-corrected chi connectivity index (χ4v) is 2.90. The van der Waals surface area contributed by atoms with Gasteiger partial charge in [-0.1, -0.05) is 63.1 Å². The van der Waals surface area contributed by atoms with Crippen LogP contribution in [-0.4, -0.2) is 32.8 Å². The van der Waals surface area contributed by atoms with Crippen molar-refractivity contribution in [3.8, 4) is 39.5 Å². The summed E-state index contributed by atoms with van der Waals surface area (Å²) >= 11 is 0. The molecule has 0 aliphatic rings. The fourth-order valence-electron chi connectivity index (χ4n) is 2.90. The molecule has 0 heterocycles. The van der Waals surface area contributed by atoms with Crippen molar-refractivity contribution in [3.05, 3.63) is 103 Å². The van der Waals surface area contributed by atoms with E-state index in [1.54, 1.807) is 28.1 Å².